The van der Waals surface area contributed by atoms with Crippen molar-refractivity contribution in [2.75, 3.05) is 5.32 Å². The number of esters is 2. The van der Waals surface area contributed by atoms with E-state index >= 15 is 0 Å². The number of carbonyl (C=O) groups excluding carboxylic acids is 3. The first kappa shape index (κ1) is 16.7. The first-order valence-corrected chi connectivity index (χ1v) is 9.06. The lowest BCUT2D eigenvalue weighted by atomic mass is 10.1. The van der Waals surface area contributed by atoms with Crippen LogP contribution in [0, 0.1) is 0 Å². The zero-order chi connectivity index (χ0) is 17.3. The minimum Gasteiger partial charge on any atom is -0.460 e. The molecule has 2 aromatic rings. The Morgan fingerprint density at radius 3 is 2.75 bits per heavy atom. The van der Waals surface area contributed by atoms with Gasteiger partial charge in [0.25, 0.3) is 0 Å². The molecule has 1 aliphatic rings. The molecule has 6 nitrogen and oxygen atoms in total. The molecule has 8 heteroatoms. The zero-order valence-electron chi connectivity index (χ0n) is 13.0. The average molecular weight is 365 g/mol. The molecule has 2 aromatic heterocycles. The molecule has 1 saturated heterocycles. The van der Waals surface area contributed by atoms with Gasteiger partial charge in [-0.2, -0.15) is 0 Å². The van der Waals surface area contributed by atoms with Gasteiger partial charge in [0.05, 0.1) is 0 Å². The molecule has 0 aromatic carbocycles. The van der Waals surface area contributed by atoms with Crippen LogP contribution < -0.4 is 5.32 Å². The highest BCUT2D eigenvalue weighted by Crippen LogP contribution is 2.38. The van der Waals surface area contributed by atoms with Gasteiger partial charge in [0.2, 0.25) is 12.0 Å². The predicted octanol–water partition coefficient (Wildman–Crippen LogP) is 3.30. The molecule has 1 fully saturated rings. The van der Waals surface area contributed by atoms with Gasteiger partial charge in [-0.05, 0) is 18.4 Å². The van der Waals surface area contributed by atoms with E-state index in [1.807, 2.05) is 17.5 Å². The van der Waals surface area contributed by atoms with Crippen LogP contribution in [0.4, 0.5) is 5.00 Å². The monoisotopic (exact) mass is 365 g/mol. The Labute approximate surface area is 146 Å². The Bertz CT molecular complexity index is 780. The van der Waals surface area contributed by atoms with Crippen LogP contribution in [0.3, 0.4) is 0 Å². The maximum Gasteiger partial charge on any atom is 0.347 e. The van der Waals surface area contributed by atoms with Gasteiger partial charge in [0.1, 0.15) is 16.7 Å². The lowest BCUT2D eigenvalue weighted by molar-refractivity contribution is -0.147. The molecule has 0 spiro atoms. The fraction of sp³-hybridized carbons (Fsp3) is 0.312. The van der Waals surface area contributed by atoms with Crippen molar-refractivity contribution in [3.8, 4) is 10.4 Å². The third-order valence-corrected chi connectivity index (χ3v) is 5.25. The number of cyclic esters (lactones) is 1. The van der Waals surface area contributed by atoms with Gasteiger partial charge in [0.15, 0.2) is 0 Å². The summed E-state index contributed by atoms with van der Waals surface area (Å²) < 4.78 is 10.4. The summed E-state index contributed by atoms with van der Waals surface area (Å²) in [4.78, 5) is 36.6. The van der Waals surface area contributed by atoms with Gasteiger partial charge in [-0.1, -0.05) is 6.07 Å². The molecule has 1 N–H and O–H groups in total. The van der Waals surface area contributed by atoms with Gasteiger partial charge in [-0.25, -0.2) is 9.59 Å². The lowest BCUT2D eigenvalue weighted by Gasteiger charge is -2.10. The number of hydrogen-bond donors (Lipinski definition) is 1. The SMILES string of the molecule is CC(=O)Nc1scc(-c2cccs2)c1C(=O)O[C@@H]1C[C@@H](C)OC1=O. The van der Waals surface area contributed by atoms with E-state index < -0.39 is 18.0 Å². The van der Waals surface area contributed by atoms with Crippen LogP contribution in [0.25, 0.3) is 10.4 Å². The number of hydrogen-bond acceptors (Lipinski definition) is 7. The summed E-state index contributed by atoms with van der Waals surface area (Å²) in [6.45, 7) is 3.12. The number of nitrogens with one attached hydrogen (secondary N) is 1. The second-order valence-corrected chi connectivity index (χ2v) is 7.22. The van der Waals surface area contributed by atoms with E-state index in [2.05, 4.69) is 5.32 Å². The van der Waals surface area contributed by atoms with Crippen molar-refractivity contribution in [2.24, 2.45) is 0 Å². The van der Waals surface area contributed by atoms with E-state index in [4.69, 9.17) is 9.47 Å². The van der Waals surface area contributed by atoms with Gasteiger partial charge in [-0.3, -0.25) is 4.79 Å². The Hall–Kier alpha value is -2.19. The molecule has 3 rings (SSSR count). The number of rotatable bonds is 4. The molecule has 1 amide bonds. The quantitative estimate of drug-likeness (QED) is 0.841. The van der Waals surface area contributed by atoms with E-state index in [0.717, 1.165) is 4.88 Å². The fourth-order valence-corrected chi connectivity index (χ4v) is 4.25. The Balaban J connectivity index is 1.92. The first-order valence-electron chi connectivity index (χ1n) is 7.30. The van der Waals surface area contributed by atoms with Gasteiger partial charge < -0.3 is 14.8 Å². The molecule has 0 unspecified atom stereocenters. The zero-order valence-corrected chi connectivity index (χ0v) is 14.7. The molecule has 3 heterocycles. The molecule has 0 radical (unpaired) electrons. The number of ether oxygens (including phenoxy) is 2. The van der Waals surface area contributed by atoms with E-state index in [-0.39, 0.29) is 17.6 Å². The van der Waals surface area contributed by atoms with Crippen LogP contribution in [0.5, 0.6) is 0 Å². The molecular weight excluding hydrogens is 350 g/mol. The van der Waals surface area contributed by atoms with Crippen LogP contribution in [0.2, 0.25) is 0 Å². The molecule has 0 aliphatic carbocycles. The number of amides is 1. The maximum absolute atomic E-state index is 12.7. The normalized spacial score (nSPS) is 19.8. The van der Waals surface area contributed by atoms with Gasteiger partial charge in [-0.15, -0.1) is 22.7 Å². The first-order chi connectivity index (χ1) is 11.5. The number of anilines is 1. The van der Waals surface area contributed by atoms with Crippen molar-refractivity contribution in [3.63, 3.8) is 0 Å². The van der Waals surface area contributed by atoms with Gasteiger partial charge >= 0.3 is 11.9 Å². The minimum atomic E-state index is -0.909. The van der Waals surface area contributed by atoms with Crippen LogP contribution in [-0.2, 0) is 19.1 Å². The van der Waals surface area contributed by atoms with Crippen molar-refractivity contribution >= 4 is 45.5 Å². The summed E-state index contributed by atoms with van der Waals surface area (Å²) in [7, 11) is 0. The minimum absolute atomic E-state index is 0.269. The Morgan fingerprint density at radius 1 is 1.38 bits per heavy atom. The predicted molar refractivity (Wildman–Crippen MR) is 91.3 cm³/mol. The third-order valence-electron chi connectivity index (χ3n) is 3.45. The largest absolute Gasteiger partial charge is 0.460 e. The van der Waals surface area contributed by atoms with E-state index in [1.165, 1.54) is 29.6 Å². The molecule has 24 heavy (non-hydrogen) atoms. The summed E-state index contributed by atoms with van der Waals surface area (Å²) in [6.07, 6.45) is -0.850. The van der Waals surface area contributed by atoms with E-state index in [1.54, 1.807) is 12.3 Å². The molecule has 2 atom stereocenters. The van der Waals surface area contributed by atoms with Crippen LogP contribution in [0.15, 0.2) is 22.9 Å². The summed E-state index contributed by atoms with van der Waals surface area (Å²) in [6, 6.07) is 3.76. The summed E-state index contributed by atoms with van der Waals surface area (Å²) in [5, 5.41) is 6.76. The van der Waals surface area contributed by atoms with Crippen molar-refractivity contribution in [3.05, 3.63) is 28.5 Å². The van der Waals surface area contributed by atoms with E-state index in [0.29, 0.717) is 17.0 Å². The highest BCUT2D eigenvalue weighted by atomic mass is 32.1. The van der Waals surface area contributed by atoms with Crippen LogP contribution in [-0.4, -0.2) is 30.1 Å². The molecule has 126 valence electrons. The summed E-state index contributed by atoms with van der Waals surface area (Å²) in [5.41, 5.74) is 0.952. The maximum atomic E-state index is 12.7. The molecule has 1 aliphatic heterocycles. The Kier molecular flexibility index (Phi) is 4.68. The van der Waals surface area contributed by atoms with Crippen molar-refractivity contribution in [1.82, 2.24) is 0 Å². The standard InChI is InChI=1S/C16H15NO5S2/c1-8-6-11(15(19)21-8)22-16(20)13-10(12-4-3-5-23-12)7-24-14(13)17-9(2)18/h3-5,7-8,11H,6H2,1-2H3,(H,17,18)/t8-,11-/m1/s1. The Morgan fingerprint density at radius 2 is 2.17 bits per heavy atom. The third kappa shape index (κ3) is 3.34. The smallest absolute Gasteiger partial charge is 0.347 e. The lowest BCUT2D eigenvalue weighted by Crippen LogP contribution is -2.23. The van der Waals surface area contributed by atoms with E-state index in [9.17, 15) is 14.4 Å². The molecular formula is C16H15NO5S2. The molecule has 0 saturated carbocycles. The highest BCUT2D eigenvalue weighted by molar-refractivity contribution is 7.17. The number of carbonyl (C=O) groups is 3. The molecule has 0 bridgehead atoms. The second-order valence-electron chi connectivity index (χ2n) is 5.39. The topological polar surface area (TPSA) is 81.7 Å². The van der Waals surface area contributed by atoms with Crippen molar-refractivity contribution < 1.29 is 23.9 Å². The van der Waals surface area contributed by atoms with Crippen LogP contribution >= 0.6 is 22.7 Å². The second kappa shape index (κ2) is 6.74. The van der Waals surface area contributed by atoms with Crippen molar-refractivity contribution in [2.45, 2.75) is 32.5 Å². The average Bonchev–Trinajstić information content (AvgIpc) is 3.19. The van der Waals surface area contributed by atoms with Crippen LogP contribution in [0.1, 0.15) is 30.6 Å². The highest BCUT2D eigenvalue weighted by Gasteiger charge is 2.36. The summed E-state index contributed by atoms with van der Waals surface area (Å²) in [5.74, 6) is -1.46. The number of thiophene rings is 2. The fourth-order valence-electron chi connectivity index (χ4n) is 2.43. The van der Waals surface area contributed by atoms with Gasteiger partial charge in [0, 0.05) is 29.2 Å². The summed E-state index contributed by atoms with van der Waals surface area (Å²) >= 11 is 2.73. The van der Waals surface area contributed by atoms with Crippen molar-refractivity contribution in [1.29, 1.82) is 0 Å².